The Kier molecular flexibility index (Phi) is 6.27. The molecule has 0 aliphatic heterocycles. The molecule has 1 amide bonds. The Bertz CT molecular complexity index is 1800. The van der Waals surface area contributed by atoms with Crippen LogP contribution in [-0.4, -0.2) is 36.6 Å². The molecule has 194 valence electrons. The number of pyridine rings is 2. The van der Waals surface area contributed by atoms with Gasteiger partial charge in [-0.25, -0.2) is 9.50 Å². The topological polar surface area (TPSA) is 85.1 Å². The molecule has 0 saturated heterocycles. The third kappa shape index (κ3) is 5.08. The third-order valence-corrected chi connectivity index (χ3v) is 7.15. The molecule has 0 radical (unpaired) electrons. The first-order chi connectivity index (χ1) is 18.8. The molecule has 0 saturated carbocycles. The fourth-order valence-corrected chi connectivity index (χ4v) is 5.22. The van der Waals surface area contributed by atoms with Crippen molar-refractivity contribution in [3.05, 3.63) is 102 Å². The highest BCUT2D eigenvalue weighted by Crippen LogP contribution is 2.33. The first-order valence-corrected chi connectivity index (χ1v) is 12.8. The van der Waals surface area contributed by atoms with Crippen LogP contribution in [0.25, 0.3) is 38.8 Å². The number of halogens is 3. The fourth-order valence-electron chi connectivity index (χ4n) is 4.34. The Balaban J connectivity index is 1.20. The Morgan fingerprint density at radius 1 is 0.949 bits per heavy atom. The van der Waals surface area contributed by atoms with E-state index in [1.165, 1.54) is 35.7 Å². The van der Waals surface area contributed by atoms with E-state index in [1.807, 2.05) is 41.9 Å². The van der Waals surface area contributed by atoms with E-state index in [0.29, 0.717) is 10.5 Å². The number of aromatic nitrogens is 5. The second kappa shape index (κ2) is 9.91. The second-order valence-corrected chi connectivity index (χ2v) is 9.85. The van der Waals surface area contributed by atoms with Crippen molar-refractivity contribution in [1.29, 1.82) is 0 Å². The molecule has 0 aliphatic carbocycles. The molecule has 0 spiro atoms. The summed E-state index contributed by atoms with van der Waals surface area (Å²) in [5.41, 5.74) is 4.68. The molecule has 39 heavy (non-hydrogen) atoms. The lowest BCUT2D eigenvalue weighted by molar-refractivity contribution is -0.164. The summed E-state index contributed by atoms with van der Waals surface area (Å²) < 4.78 is 42.4. The van der Waals surface area contributed by atoms with Gasteiger partial charge in [-0.3, -0.25) is 14.8 Å². The molecular weight excluding hydrogens is 525 g/mol. The minimum Gasteiger partial charge on any atom is -0.339 e. The van der Waals surface area contributed by atoms with Crippen molar-refractivity contribution in [2.24, 2.45) is 0 Å². The first kappa shape index (κ1) is 24.7. The van der Waals surface area contributed by atoms with Crippen LogP contribution < -0.4 is 5.32 Å². The highest BCUT2D eigenvalue weighted by molar-refractivity contribution is 7.10. The molecule has 11 heteroatoms. The number of fused-ring (bicyclic) bond motifs is 2. The number of hydrogen-bond acceptors (Lipinski definition) is 6. The number of thiophene rings is 1. The van der Waals surface area contributed by atoms with Gasteiger partial charge in [0.15, 0.2) is 11.7 Å². The van der Waals surface area contributed by atoms with Crippen molar-refractivity contribution in [2.75, 3.05) is 0 Å². The summed E-state index contributed by atoms with van der Waals surface area (Å²) in [6, 6.07) is 13.7. The van der Waals surface area contributed by atoms with Crippen LogP contribution in [0.2, 0.25) is 0 Å². The highest BCUT2D eigenvalue weighted by atomic mass is 32.1. The number of hydrogen-bond donors (Lipinski definition) is 1. The first-order valence-electron chi connectivity index (χ1n) is 11.9. The molecule has 1 atom stereocenters. The molecule has 5 aromatic heterocycles. The molecule has 5 heterocycles. The molecule has 1 N–H and O–H groups in total. The van der Waals surface area contributed by atoms with Crippen LogP contribution in [0.5, 0.6) is 0 Å². The van der Waals surface area contributed by atoms with Crippen LogP contribution in [0.4, 0.5) is 13.2 Å². The lowest BCUT2D eigenvalue weighted by Gasteiger charge is -2.21. The van der Waals surface area contributed by atoms with Crippen molar-refractivity contribution in [3.8, 4) is 22.3 Å². The summed E-state index contributed by atoms with van der Waals surface area (Å²) in [6.07, 6.45) is 3.49. The van der Waals surface area contributed by atoms with Gasteiger partial charge in [0, 0.05) is 46.2 Å². The third-order valence-electron chi connectivity index (χ3n) is 6.21. The Labute approximate surface area is 224 Å². The van der Waals surface area contributed by atoms with Gasteiger partial charge >= 0.3 is 6.18 Å². The summed E-state index contributed by atoms with van der Waals surface area (Å²) in [5.74, 6) is -0.746. The number of benzene rings is 1. The molecule has 6 aromatic rings. The van der Waals surface area contributed by atoms with Gasteiger partial charge in [0.05, 0.1) is 23.8 Å². The van der Waals surface area contributed by atoms with Gasteiger partial charge in [0.2, 0.25) is 5.91 Å². The van der Waals surface area contributed by atoms with Crippen LogP contribution in [-0.2, 0) is 11.2 Å². The maximum Gasteiger partial charge on any atom is 0.414 e. The average molecular weight is 545 g/mol. The molecule has 6 rings (SSSR count). The summed E-state index contributed by atoms with van der Waals surface area (Å²) in [4.78, 5) is 25.9. The van der Waals surface area contributed by atoms with Crippen LogP contribution in [0.1, 0.15) is 16.6 Å². The van der Waals surface area contributed by atoms with Gasteiger partial charge < -0.3 is 5.32 Å². The van der Waals surface area contributed by atoms with Gasteiger partial charge in [0.1, 0.15) is 0 Å². The van der Waals surface area contributed by atoms with Crippen LogP contribution in [0.3, 0.4) is 0 Å². The predicted octanol–water partition coefficient (Wildman–Crippen LogP) is 6.03. The number of nitrogens with one attached hydrogen (secondary N) is 1. The van der Waals surface area contributed by atoms with Crippen molar-refractivity contribution < 1.29 is 18.0 Å². The number of carbonyl (C=O) groups excluding carboxylic acids is 1. The van der Waals surface area contributed by atoms with E-state index < -0.39 is 18.1 Å². The zero-order valence-electron chi connectivity index (χ0n) is 20.1. The molecule has 0 aliphatic rings. The monoisotopic (exact) mass is 544 g/mol. The van der Waals surface area contributed by atoms with Gasteiger partial charge in [-0.2, -0.15) is 18.3 Å². The van der Waals surface area contributed by atoms with Crippen molar-refractivity contribution in [3.63, 3.8) is 0 Å². The van der Waals surface area contributed by atoms with Crippen LogP contribution in [0, 0.1) is 0 Å². The molecular formula is C28H19F3N6OS. The van der Waals surface area contributed by atoms with Gasteiger partial charge in [-0.1, -0.05) is 18.2 Å². The van der Waals surface area contributed by atoms with Crippen molar-refractivity contribution in [2.45, 2.75) is 18.6 Å². The smallest absolute Gasteiger partial charge is 0.339 e. The van der Waals surface area contributed by atoms with E-state index in [2.05, 4.69) is 25.4 Å². The standard InChI is InChI=1S/C28H19F3N6OS/c29-28(30,31)26(24-5-1-2-8-33-24)36-25(38)12-21-11-19(16-39-21)22-14-35-37-15-20(13-34-27(22)37)17-6-7-23-18(10-17)4-3-9-32-23/h1-11,13-16,26H,12H2,(H,36,38). The quantitative estimate of drug-likeness (QED) is 0.277. The number of rotatable bonds is 6. The van der Waals surface area contributed by atoms with Crippen molar-refractivity contribution >= 4 is 33.8 Å². The van der Waals surface area contributed by atoms with Gasteiger partial charge in [-0.15, -0.1) is 11.3 Å². The minimum atomic E-state index is -4.67. The van der Waals surface area contributed by atoms with E-state index in [4.69, 9.17) is 0 Å². The molecule has 0 bridgehead atoms. The second-order valence-electron chi connectivity index (χ2n) is 8.86. The normalized spacial score (nSPS) is 12.6. The maximum absolute atomic E-state index is 13.6. The molecule has 1 unspecified atom stereocenters. The maximum atomic E-state index is 13.6. The van der Waals surface area contributed by atoms with Crippen molar-refractivity contribution in [1.82, 2.24) is 29.9 Å². The summed E-state index contributed by atoms with van der Waals surface area (Å²) in [5, 5.41) is 9.38. The average Bonchev–Trinajstić information content (AvgIpc) is 3.57. The van der Waals surface area contributed by atoms with Gasteiger partial charge in [0.25, 0.3) is 0 Å². The van der Waals surface area contributed by atoms with E-state index in [0.717, 1.165) is 33.2 Å². The van der Waals surface area contributed by atoms with E-state index in [9.17, 15) is 18.0 Å². The zero-order chi connectivity index (χ0) is 27.0. The Morgan fingerprint density at radius 3 is 2.64 bits per heavy atom. The van der Waals surface area contributed by atoms with E-state index in [-0.39, 0.29) is 12.1 Å². The number of amides is 1. The lowest BCUT2D eigenvalue weighted by Crippen LogP contribution is -2.39. The highest BCUT2D eigenvalue weighted by Gasteiger charge is 2.42. The Morgan fingerprint density at radius 2 is 1.82 bits per heavy atom. The number of alkyl halides is 3. The van der Waals surface area contributed by atoms with Crippen LogP contribution >= 0.6 is 11.3 Å². The SMILES string of the molecule is O=C(Cc1cc(-c2cnn3cc(-c4ccc5ncccc5c4)cnc23)cs1)NC(c1ccccn1)C(F)(F)F. The van der Waals surface area contributed by atoms with E-state index in [1.54, 1.807) is 29.2 Å². The summed E-state index contributed by atoms with van der Waals surface area (Å²) in [6.45, 7) is 0. The Hall–Kier alpha value is -4.64. The number of nitrogens with zero attached hydrogens (tertiary/aromatic N) is 5. The molecule has 1 aromatic carbocycles. The molecule has 7 nitrogen and oxygen atoms in total. The lowest BCUT2D eigenvalue weighted by atomic mass is 10.1. The summed E-state index contributed by atoms with van der Waals surface area (Å²) >= 11 is 1.29. The minimum absolute atomic E-state index is 0.197. The zero-order valence-corrected chi connectivity index (χ0v) is 20.9. The van der Waals surface area contributed by atoms with Gasteiger partial charge in [-0.05, 0) is 52.9 Å². The fraction of sp³-hybridized carbons (Fsp3) is 0.107. The largest absolute Gasteiger partial charge is 0.414 e. The molecule has 0 fully saturated rings. The summed E-state index contributed by atoms with van der Waals surface area (Å²) in [7, 11) is 0. The van der Waals surface area contributed by atoms with E-state index >= 15 is 0 Å². The predicted molar refractivity (Wildman–Crippen MR) is 142 cm³/mol. The van der Waals surface area contributed by atoms with Crippen LogP contribution in [0.15, 0.2) is 91.0 Å². The number of carbonyl (C=O) groups is 1.